The molecule has 0 fully saturated rings. The molecular weight excluding hydrogens is 234 g/mol. The molecule has 0 bridgehead atoms. The molecule has 3 rings (SSSR count). The van der Waals surface area contributed by atoms with Crippen LogP contribution in [0.5, 0.6) is 0 Å². The summed E-state index contributed by atoms with van der Waals surface area (Å²) in [5, 5.41) is 5.51. The molecule has 6 heteroatoms. The van der Waals surface area contributed by atoms with E-state index in [0.29, 0.717) is 6.54 Å². The lowest BCUT2D eigenvalue weighted by Crippen LogP contribution is -2.02. The Kier molecular flexibility index (Phi) is 2.45. The van der Waals surface area contributed by atoms with E-state index in [-0.39, 0.29) is 0 Å². The van der Waals surface area contributed by atoms with E-state index in [4.69, 9.17) is 5.73 Å². The number of nitrogens with zero attached hydrogens (tertiary/aromatic N) is 4. The van der Waals surface area contributed by atoms with Crippen molar-refractivity contribution in [3.05, 3.63) is 30.4 Å². The van der Waals surface area contributed by atoms with Gasteiger partial charge < -0.3 is 10.3 Å². The number of nitrogens with two attached hydrogens (primary N) is 1. The van der Waals surface area contributed by atoms with Crippen LogP contribution >= 0.6 is 11.3 Å². The Morgan fingerprint density at radius 2 is 2.29 bits per heavy atom. The molecule has 0 radical (unpaired) electrons. The first kappa shape index (κ1) is 10.5. The molecular formula is C11H13N5S. The van der Waals surface area contributed by atoms with Crippen molar-refractivity contribution < 1.29 is 0 Å². The molecule has 0 saturated heterocycles. The predicted molar refractivity (Wildman–Crippen MR) is 68.0 cm³/mol. The Bertz CT molecular complexity index is 616. The van der Waals surface area contributed by atoms with E-state index in [1.807, 2.05) is 28.5 Å². The zero-order valence-electron chi connectivity index (χ0n) is 9.50. The van der Waals surface area contributed by atoms with Crippen molar-refractivity contribution in [3.63, 3.8) is 0 Å². The Labute approximate surface area is 103 Å². The Morgan fingerprint density at radius 1 is 1.41 bits per heavy atom. The number of hydrogen-bond acceptors (Lipinski definition) is 4. The van der Waals surface area contributed by atoms with Crippen molar-refractivity contribution in [1.29, 1.82) is 0 Å². The number of aryl methyl sites for hydroxylation is 1. The van der Waals surface area contributed by atoms with E-state index in [9.17, 15) is 0 Å². The highest BCUT2D eigenvalue weighted by Gasteiger charge is 2.09. The first-order valence-corrected chi connectivity index (χ1v) is 6.25. The number of hydrogen-bond donors (Lipinski definition) is 1. The summed E-state index contributed by atoms with van der Waals surface area (Å²) in [6.45, 7) is 0.621. The third-order valence-corrected chi connectivity index (χ3v) is 3.54. The molecule has 3 aromatic heterocycles. The van der Waals surface area contributed by atoms with Gasteiger partial charge in [0.05, 0.1) is 11.9 Å². The lowest BCUT2D eigenvalue weighted by molar-refractivity contribution is 0.920. The molecule has 0 aromatic carbocycles. The molecule has 17 heavy (non-hydrogen) atoms. The quantitative estimate of drug-likeness (QED) is 0.759. The van der Waals surface area contributed by atoms with Crippen LogP contribution in [0.15, 0.2) is 24.7 Å². The summed E-state index contributed by atoms with van der Waals surface area (Å²) in [6, 6.07) is 2.05. The van der Waals surface area contributed by atoms with Crippen LogP contribution < -0.4 is 5.73 Å². The highest BCUT2D eigenvalue weighted by Crippen LogP contribution is 2.25. The molecule has 0 unspecified atom stereocenters. The standard InChI is InChI=1S/C11H13N5S/c1-15-5-3-8(6-15)10-14-16-7-9(2-4-12)13-11(16)17-10/h3,5-7H,2,4,12H2,1H3. The zero-order valence-corrected chi connectivity index (χ0v) is 10.3. The molecule has 88 valence electrons. The van der Waals surface area contributed by atoms with E-state index in [0.717, 1.165) is 27.6 Å². The van der Waals surface area contributed by atoms with Gasteiger partial charge in [-0.2, -0.15) is 5.10 Å². The molecule has 0 spiro atoms. The van der Waals surface area contributed by atoms with Crippen molar-refractivity contribution in [1.82, 2.24) is 19.2 Å². The average Bonchev–Trinajstić information content (AvgIpc) is 2.91. The fourth-order valence-electron chi connectivity index (χ4n) is 1.76. The molecule has 2 N–H and O–H groups in total. The van der Waals surface area contributed by atoms with Crippen LogP contribution in [0.25, 0.3) is 15.5 Å². The van der Waals surface area contributed by atoms with Crippen LogP contribution in [0, 0.1) is 0 Å². The maximum absolute atomic E-state index is 5.51. The second-order valence-corrected chi connectivity index (χ2v) is 4.93. The van der Waals surface area contributed by atoms with E-state index >= 15 is 0 Å². The second kappa shape index (κ2) is 3.97. The van der Waals surface area contributed by atoms with Crippen molar-refractivity contribution in [2.45, 2.75) is 6.42 Å². The van der Waals surface area contributed by atoms with Crippen molar-refractivity contribution >= 4 is 16.3 Å². The summed E-state index contributed by atoms with van der Waals surface area (Å²) in [7, 11) is 2.00. The van der Waals surface area contributed by atoms with Crippen molar-refractivity contribution in [2.24, 2.45) is 12.8 Å². The third kappa shape index (κ3) is 1.85. The number of imidazole rings is 1. The minimum absolute atomic E-state index is 0.621. The molecule has 0 atom stereocenters. The molecule has 0 aliphatic rings. The molecule has 0 amide bonds. The van der Waals surface area contributed by atoms with Gasteiger partial charge in [-0.25, -0.2) is 9.50 Å². The summed E-state index contributed by atoms with van der Waals surface area (Å²) in [5.41, 5.74) is 7.64. The average molecular weight is 247 g/mol. The molecule has 5 nitrogen and oxygen atoms in total. The van der Waals surface area contributed by atoms with Gasteiger partial charge in [-0.3, -0.25) is 0 Å². The van der Waals surface area contributed by atoms with Crippen LogP contribution in [0.2, 0.25) is 0 Å². The summed E-state index contributed by atoms with van der Waals surface area (Å²) in [5.74, 6) is 0. The summed E-state index contributed by atoms with van der Waals surface area (Å²) in [4.78, 5) is 5.41. The van der Waals surface area contributed by atoms with E-state index in [2.05, 4.69) is 22.3 Å². The highest BCUT2D eigenvalue weighted by atomic mass is 32.1. The summed E-state index contributed by atoms with van der Waals surface area (Å²) in [6.07, 6.45) is 6.82. The Hall–Kier alpha value is -1.66. The molecule has 3 heterocycles. The van der Waals surface area contributed by atoms with Gasteiger partial charge in [0.2, 0.25) is 4.96 Å². The van der Waals surface area contributed by atoms with Crippen LogP contribution in [0.3, 0.4) is 0 Å². The molecule has 0 saturated carbocycles. The van der Waals surface area contributed by atoms with E-state index < -0.39 is 0 Å². The van der Waals surface area contributed by atoms with Crippen LogP contribution in [0.1, 0.15) is 5.69 Å². The van der Waals surface area contributed by atoms with Gasteiger partial charge in [0.25, 0.3) is 0 Å². The van der Waals surface area contributed by atoms with Gasteiger partial charge in [-0.15, -0.1) is 0 Å². The van der Waals surface area contributed by atoms with E-state index in [1.165, 1.54) is 0 Å². The Balaban J connectivity index is 2.00. The highest BCUT2D eigenvalue weighted by molar-refractivity contribution is 7.19. The van der Waals surface area contributed by atoms with Crippen molar-refractivity contribution in [3.8, 4) is 10.6 Å². The monoisotopic (exact) mass is 247 g/mol. The first-order chi connectivity index (χ1) is 8.26. The zero-order chi connectivity index (χ0) is 11.8. The lowest BCUT2D eigenvalue weighted by Gasteiger charge is -1.89. The lowest BCUT2D eigenvalue weighted by atomic mass is 10.3. The predicted octanol–water partition coefficient (Wildman–Crippen LogP) is 1.30. The van der Waals surface area contributed by atoms with Crippen LogP contribution in [-0.4, -0.2) is 25.7 Å². The van der Waals surface area contributed by atoms with Crippen molar-refractivity contribution in [2.75, 3.05) is 6.54 Å². The summed E-state index contributed by atoms with van der Waals surface area (Å²) >= 11 is 1.60. The normalized spacial score (nSPS) is 11.4. The molecule has 3 aromatic rings. The van der Waals surface area contributed by atoms with Gasteiger partial charge in [-0.05, 0) is 12.6 Å². The van der Waals surface area contributed by atoms with Crippen LogP contribution in [0.4, 0.5) is 0 Å². The minimum atomic E-state index is 0.621. The van der Waals surface area contributed by atoms with Gasteiger partial charge in [0.15, 0.2) is 0 Å². The number of fused-ring (bicyclic) bond motifs is 1. The maximum atomic E-state index is 5.51. The first-order valence-electron chi connectivity index (χ1n) is 5.44. The van der Waals surface area contributed by atoms with Gasteiger partial charge in [-0.1, -0.05) is 11.3 Å². The Morgan fingerprint density at radius 3 is 2.94 bits per heavy atom. The smallest absolute Gasteiger partial charge is 0.212 e. The fourth-order valence-corrected chi connectivity index (χ4v) is 2.65. The molecule has 0 aliphatic heterocycles. The number of rotatable bonds is 3. The molecule has 0 aliphatic carbocycles. The number of aromatic nitrogens is 4. The minimum Gasteiger partial charge on any atom is -0.357 e. The van der Waals surface area contributed by atoms with Gasteiger partial charge in [0.1, 0.15) is 5.01 Å². The van der Waals surface area contributed by atoms with Gasteiger partial charge in [0, 0.05) is 31.4 Å². The SMILES string of the molecule is Cn1ccc(-c2nn3cc(CCN)nc3s2)c1. The summed E-state index contributed by atoms with van der Waals surface area (Å²) < 4.78 is 3.84. The largest absolute Gasteiger partial charge is 0.357 e. The maximum Gasteiger partial charge on any atom is 0.212 e. The second-order valence-electron chi connectivity index (χ2n) is 3.97. The van der Waals surface area contributed by atoms with Crippen LogP contribution in [-0.2, 0) is 13.5 Å². The van der Waals surface area contributed by atoms with E-state index in [1.54, 1.807) is 11.3 Å². The van der Waals surface area contributed by atoms with Gasteiger partial charge >= 0.3 is 0 Å². The fraction of sp³-hybridized carbons (Fsp3) is 0.273. The topological polar surface area (TPSA) is 61.1 Å². The third-order valence-electron chi connectivity index (χ3n) is 2.57.